The first-order valence-electron chi connectivity index (χ1n) is 6.62. The van der Waals surface area contributed by atoms with Gasteiger partial charge in [-0.05, 0) is 26.8 Å². The van der Waals surface area contributed by atoms with E-state index < -0.39 is 0 Å². The molecule has 0 aliphatic carbocycles. The van der Waals surface area contributed by atoms with Gasteiger partial charge >= 0.3 is 0 Å². The summed E-state index contributed by atoms with van der Waals surface area (Å²) < 4.78 is 3.71. The molecule has 0 fully saturated rings. The van der Waals surface area contributed by atoms with E-state index in [-0.39, 0.29) is 0 Å². The van der Waals surface area contributed by atoms with Gasteiger partial charge in [0.1, 0.15) is 5.01 Å². The Morgan fingerprint density at radius 2 is 2.00 bits per heavy atom. The highest BCUT2D eigenvalue weighted by Crippen LogP contribution is 2.23. The lowest BCUT2D eigenvalue weighted by Gasteiger charge is -2.00. The molecule has 8 heteroatoms. The molecule has 21 heavy (non-hydrogen) atoms. The molecule has 0 saturated heterocycles. The zero-order valence-electron chi connectivity index (χ0n) is 12.5. The Morgan fingerprint density at radius 3 is 2.62 bits per heavy atom. The van der Waals surface area contributed by atoms with Gasteiger partial charge in [0.15, 0.2) is 0 Å². The van der Waals surface area contributed by atoms with Gasteiger partial charge in [-0.25, -0.2) is 0 Å². The van der Waals surface area contributed by atoms with Gasteiger partial charge in [-0.15, -0.1) is 10.2 Å². The number of nitrogens with zero attached hydrogens (tertiary/aromatic N) is 6. The van der Waals surface area contributed by atoms with Crippen LogP contribution in [0.2, 0.25) is 0 Å². The SMILES string of the molecule is Cc1cc(C)n(Cc2nnc(Nc3cn(C)nc3C)s2)n1. The van der Waals surface area contributed by atoms with Crippen LogP contribution in [0.4, 0.5) is 10.8 Å². The smallest absolute Gasteiger partial charge is 0.210 e. The monoisotopic (exact) mass is 303 g/mol. The second-order valence-corrected chi connectivity index (χ2v) is 6.07. The van der Waals surface area contributed by atoms with Crippen LogP contribution < -0.4 is 5.32 Å². The van der Waals surface area contributed by atoms with Gasteiger partial charge in [0.25, 0.3) is 0 Å². The fourth-order valence-corrected chi connectivity index (χ4v) is 2.90. The predicted molar refractivity (Wildman–Crippen MR) is 81.9 cm³/mol. The van der Waals surface area contributed by atoms with Crippen LogP contribution in [0.3, 0.4) is 0 Å². The number of hydrogen-bond donors (Lipinski definition) is 1. The van der Waals surface area contributed by atoms with Gasteiger partial charge in [0, 0.05) is 18.9 Å². The minimum absolute atomic E-state index is 0.644. The highest BCUT2D eigenvalue weighted by atomic mass is 32.1. The van der Waals surface area contributed by atoms with Gasteiger partial charge in [-0.1, -0.05) is 11.3 Å². The maximum atomic E-state index is 4.44. The van der Waals surface area contributed by atoms with Crippen molar-refractivity contribution >= 4 is 22.2 Å². The van der Waals surface area contributed by atoms with E-state index in [1.54, 1.807) is 4.68 Å². The van der Waals surface area contributed by atoms with E-state index in [4.69, 9.17) is 0 Å². The standard InChI is InChI=1S/C13H17N7S/c1-8-5-9(2)20(17-8)7-12-15-16-13(21-12)14-11-6-19(4)18-10(11)3/h5-6H,7H2,1-4H3,(H,14,16). The number of anilines is 2. The van der Waals surface area contributed by atoms with Crippen LogP contribution in [-0.2, 0) is 13.6 Å². The zero-order chi connectivity index (χ0) is 15.0. The molecule has 3 rings (SSSR count). The van der Waals surface area contributed by atoms with Crippen molar-refractivity contribution in [1.29, 1.82) is 0 Å². The van der Waals surface area contributed by atoms with Crippen LogP contribution in [-0.4, -0.2) is 29.8 Å². The third-order valence-corrected chi connectivity index (χ3v) is 3.93. The molecule has 7 nitrogen and oxygen atoms in total. The van der Waals surface area contributed by atoms with Crippen LogP contribution in [0.15, 0.2) is 12.3 Å². The van der Waals surface area contributed by atoms with Gasteiger partial charge in [-0.3, -0.25) is 9.36 Å². The fraction of sp³-hybridized carbons (Fsp3) is 0.385. The van der Waals surface area contributed by atoms with Crippen LogP contribution >= 0.6 is 11.3 Å². The second kappa shape index (κ2) is 5.28. The molecule has 0 aliphatic rings. The lowest BCUT2D eigenvalue weighted by atomic mass is 10.4. The predicted octanol–water partition coefficient (Wildman–Crippen LogP) is 2.19. The summed E-state index contributed by atoms with van der Waals surface area (Å²) in [6.07, 6.45) is 1.93. The van der Waals surface area contributed by atoms with Crippen LogP contribution in [0.1, 0.15) is 22.1 Å². The van der Waals surface area contributed by atoms with E-state index in [9.17, 15) is 0 Å². The highest BCUT2D eigenvalue weighted by Gasteiger charge is 2.10. The third-order valence-electron chi connectivity index (χ3n) is 3.11. The summed E-state index contributed by atoms with van der Waals surface area (Å²) in [6.45, 7) is 6.63. The molecule has 110 valence electrons. The lowest BCUT2D eigenvalue weighted by Crippen LogP contribution is -2.03. The summed E-state index contributed by atoms with van der Waals surface area (Å²) in [4.78, 5) is 0. The minimum Gasteiger partial charge on any atom is -0.327 e. The number of rotatable bonds is 4. The fourth-order valence-electron chi connectivity index (χ4n) is 2.17. The van der Waals surface area contributed by atoms with Crippen molar-refractivity contribution in [3.05, 3.63) is 34.4 Å². The van der Waals surface area contributed by atoms with Crippen LogP contribution in [0.25, 0.3) is 0 Å². The third kappa shape index (κ3) is 2.94. The number of aryl methyl sites for hydroxylation is 4. The summed E-state index contributed by atoms with van der Waals surface area (Å²) in [5.41, 5.74) is 4.03. The first-order valence-corrected chi connectivity index (χ1v) is 7.43. The van der Waals surface area contributed by atoms with Gasteiger partial charge < -0.3 is 5.32 Å². The number of aromatic nitrogens is 6. The Kier molecular flexibility index (Phi) is 3.46. The average molecular weight is 303 g/mol. The van der Waals surface area contributed by atoms with Crippen molar-refractivity contribution in [1.82, 2.24) is 29.8 Å². The Hall–Kier alpha value is -2.22. The molecule has 0 unspecified atom stereocenters. The maximum Gasteiger partial charge on any atom is 0.210 e. The van der Waals surface area contributed by atoms with Crippen LogP contribution in [0.5, 0.6) is 0 Å². The van der Waals surface area contributed by atoms with Gasteiger partial charge in [0.2, 0.25) is 5.13 Å². The average Bonchev–Trinajstić information content (AvgIpc) is 3.04. The molecule has 0 radical (unpaired) electrons. The summed E-state index contributed by atoms with van der Waals surface area (Å²) in [6, 6.07) is 2.05. The molecule has 0 aliphatic heterocycles. The first-order chi connectivity index (χ1) is 10.0. The Balaban J connectivity index is 1.74. The topological polar surface area (TPSA) is 73.5 Å². The van der Waals surface area contributed by atoms with E-state index in [2.05, 4.69) is 31.8 Å². The van der Waals surface area contributed by atoms with E-state index >= 15 is 0 Å². The Morgan fingerprint density at radius 1 is 1.19 bits per heavy atom. The molecule has 3 aromatic rings. The minimum atomic E-state index is 0.644. The largest absolute Gasteiger partial charge is 0.327 e. The number of hydrogen-bond acceptors (Lipinski definition) is 6. The molecule has 0 atom stereocenters. The molecule has 0 spiro atoms. The van der Waals surface area contributed by atoms with E-state index in [1.165, 1.54) is 11.3 Å². The Labute approximate surface area is 126 Å². The molecule has 3 heterocycles. The molecule has 3 aromatic heterocycles. The Bertz CT molecular complexity index is 705. The first kappa shape index (κ1) is 13.7. The van der Waals surface area contributed by atoms with E-state index in [0.717, 1.165) is 32.9 Å². The second-order valence-electron chi connectivity index (χ2n) is 5.01. The highest BCUT2D eigenvalue weighted by molar-refractivity contribution is 7.15. The lowest BCUT2D eigenvalue weighted by molar-refractivity contribution is 0.651. The molecule has 0 amide bonds. The molecule has 1 N–H and O–H groups in total. The summed E-state index contributed by atoms with van der Waals surface area (Å²) >= 11 is 1.53. The van der Waals surface area contributed by atoms with Crippen molar-refractivity contribution in [2.45, 2.75) is 27.3 Å². The van der Waals surface area contributed by atoms with Crippen molar-refractivity contribution in [2.24, 2.45) is 7.05 Å². The van der Waals surface area contributed by atoms with Crippen molar-refractivity contribution < 1.29 is 0 Å². The van der Waals surface area contributed by atoms with Gasteiger partial charge in [0.05, 0.1) is 23.6 Å². The molecular formula is C13H17N7S. The van der Waals surface area contributed by atoms with E-state index in [1.807, 2.05) is 38.7 Å². The quantitative estimate of drug-likeness (QED) is 0.799. The van der Waals surface area contributed by atoms with Gasteiger partial charge in [-0.2, -0.15) is 10.2 Å². The molecule has 0 bridgehead atoms. The normalized spacial score (nSPS) is 11.0. The van der Waals surface area contributed by atoms with Crippen molar-refractivity contribution in [2.75, 3.05) is 5.32 Å². The summed E-state index contributed by atoms with van der Waals surface area (Å²) in [5.74, 6) is 0. The molecule has 0 aromatic carbocycles. The van der Waals surface area contributed by atoms with Crippen molar-refractivity contribution in [3.63, 3.8) is 0 Å². The number of nitrogens with one attached hydrogen (secondary N) is 1. The van der Waals surface area contributed by atoms with Crippen molar-refractivity contribution in [3.8, 4) is 0 Å². The van der Waals surface area contributed by atoms with E-state index in [0.29, 0.717) is 6.54 Å². The molecule has 0 saturated carbocycles. The summed E-state index contributed by atoms with van der Waals surface area (Å²) in [7, 11) is 1.90. The maximum absolute atomic E-state index is 4.44. The molecular weight excluding hydrogens is 286 g/mol. The summed E-state index contributed by atoms with van der Waals surface area (Å²) in [5, 5.41) is 22.1. The zero-order valence-corrected chi connectivity index (χ0v) is 13.3. The van der Waals surface area contributed by atoms with Crippen LogP contribution in [0, 0.1) is 20.8 Å².